The molecule has 2 atom stereocenters. The maximum atomic E-state index is 13.1. The fourth-order valence-electron chi connectivity index (χ4n) is 3.26. The van der Waals surface area contributed by atoms with Crippen molar-refractivity contribution in [3.05, 3.63) is 35.0 Å². The van der Waals surface area contributed by atoms with Gasteiger partial charge in [-0.15, -0.1) is 11.3 Å². The molecule has 2 N–H and O–H groups in total. The summed E-state index contributed by atoms with van der Waals surface area (Å²) in [5.74, 6) is -2.67. The van der Waals surface area contributed by atoms with E-state index in [1.807, 2.05) is 6.92 Å². The number of halogens is 1. The monoisotopic (exact) mass is 362 g/mol. The predicted octanol–water partition coefficient (Wildman–Crippen LogP) is 4.09. The zero-order valence-electron chi connectivity index (χ0n) is 13.8. The fraction of sp³-hybridized carbons (Fsp3) is 0.389. The smallest absolute Gasteiger partial charge is 0.307 e. The van der Waals surface area contributed by atoms with Crippen molar-refractivity contribution in [3.63, 3.8) is 0 Å². The van der Waals surface area contributed by atoms with Crippen molar-refractivity contribution in [2.24, 2.45) is 11.8 Å². The molecule has 1 aromatic carbocycles. The lowest BCUT2D eigenvalue weighted by atomic mass is 9.79. The molecule has 1 aromatic heterocycles. The van der Waals surface area contributed by atoms with Crippen LogP contribution in [-0.2, 0) is 9.59 Å². The first-order valence-corrected chi connectivity index (χ1v) is 9.04. The molecule has 1 aliphatic carbocycles. The summed E-state index contributed by atoms with van der Waals surface area (Å²) in [6, 6.07) is 6.02. The second-order valence-electron chi connectivity index (χ2n) is 6.26. The highest BCUT2D eigenvalue weighted by atomic mass is 32.1. The van der Waals surface area contributed by atoms with E-state index in [1.54, 1.807) is 12.1 Å². The van der Waals surface area contributed by atoms with E-state index in [9.17, 15) is 19.1 Å². The van der Waals surface area contributed by atoms with E-state index in [1.165, 1.54) is 23.5 Å². The maximum Gasteiger partial charge on any atom is 0.307 e. The Hall–Kier alpha value is -2.28. The van der Waals surface area contributed by atoms with E-state index in [0.717, 1.165) is 23.3 Å². The third-order valence-electron chi connectivity index (χ3n) is 4.56. The van der Waals surface area contributed by atoms with E-state index in [-0.39, 0.29) is 11.7 Å². The minimum absolute atomic E-state index is 0.286. The molecule has 25 heavy (non-hydrogen) atoms. The number of anilines is 1. The largest absolute Gasteiger partial charge is 0.481 e. The van der Waals surface area contributed by atoms with Crippen LogP contribution in [0.15, 0.2) is 24.3 Å². The highest BCUT2D eigenvalue weighted by Crippen LogP contribution is 2.34. The number of nitrogens with zero attached hydrogens (tertiary/aromatic N) is 1. The van der Waals surface area contributed by atoms with Gasteiger partial charge in [0.2, 0.25) is 5.91 Å². The average molecular weight is 362 g/mol. The number of carbonyl (C=O) groups excluding carboxylic acids is 1. The zero-order valence-corrected chi connectivity index (χ0v) is 14.6. The number of carbonyl (C=O) groups is 2. The van der Waals surface area contributed by atoms with Crippen LogP contribution in [0.4, 0.5) is 9.52 Å². The molecule has 0 aliphatic heterocycles. The SMILES string of the molecule is Cc1sc(NC(=O)[C@H]2CCCC[C@@H]2C(=O)O)nc1-c1ccc(F)cc1. The molecule has 0 unspecified atom stereocenters. The first-order valence-electron chi connectivity index (χ1n) is 8.22. The van der Waals surface area contributed by atoms with Crippen LogP contribution in [-0.4, -0.2) is 22.0 Å². The van der Waals surface area contributed by atoms with Gasteiger partial charge in [0.15, 0.2) is 5.13 Å². The summed E-state index contributed by atoms with van der Waals surface area (Å²) < 4.78 is 13.1. The van der Waals surface area contributed by atoms with Crippen molar-refractivity contribution < 1.29 is 19.1 Å². The number of hydrogen-bond acceptors (Lipinski definition) is 4. The molecule has 3 rings (SSSR count). The number of nitrogens with one attached hydrogen (secondary N) is 1. The van der Waals surface area contributed by atoms with Gasteiger partial charge in [-0.05, 0) is 44.0 Å². The summed E-state index contributed by atoms with van der Waals surface area (Å²) in [5, 5.41) is 12.5. The first kappa shape index (κ1) is 17.5. The Kier molecular flexibility index (Phi) is 5.13. The molecule has 7 heteroatoms. The Balaban J connectivity index is 1.77. The van der Waals surface area contributed by atoms with Gasteiger partial charge in [0.1, 0.15) is 5.82 Å². The molecule has 1 aliphatic rings. The van der Waals surface area contributed by atoms with Gasteiger partial charge in [0.05, 0.1) is 17.5 Å². The Bertz CT molecular complexity index is 788. The number of benzene rings is 1. The van der Waals surface area contributed by atoms with Crippen molar-refractivity contribution in [2.75, 3.05) is 5.32 Å². The molecule has 132 valence electrons. The van der Waals surface area contributed by atoms with E-state index in [2.05, 4.69) is 10.3 Å². The van der Waals surface area contributed by atoms with Crippen molar-refractivity contribution in [3.8, 4) is 11.3 Å². The van der Waals surface area contributed by atoms with E-state index >= 15 is 0 Å². The molecule has 1 fully saturated rings. The molecular weight excluding hydrogens is 343 g/mol. The molecule has 5 nitrogen and oxygen atoms in total. The second-order valence-corrected chi connectivity index (χ2v) is 7.46. The summed E-state index contributed by atoms with van der Waals surface area (Å²) in [7, 11) is 0. The molecule has 0 spiro atoms. The highest BCUT2D eigenvalue weighted by Gasteiger charge is 2.36. The number of carboxylic acids is 1. The number of hydrogen-bond donors (Lipinski definition) is 2. The van der Waals surface area contributed by atoms with Gasteiger partial charge in [0.25, 0.3) is 0 Å². The lowest BCUT2D eigenvalue weighted by Gasteiger charge is -2.26. The Morgan fingerprint density at radius 1 is 1.20 bits per heavy atom. The Morgan fingerprint density at radius 2 is 1.84 bits per heavy atom. The van der Waals surface area contributed by atoms with Crippen LogP contribution in [0.1, 0.15) is 30.6 Å². The Labute approximate surface area is 148 Å². The minimum atomic E-state index is -0.915. The quantitative estimate of drug-likeness (QED) is 0.859. The summed E-state index contributed by atoms with van der Waals surface area (Å²) in [6.45, 7) is 1.88. The molecule has 2 aromatic rings. The normalized spacial score (nSPS) is 20.2. The molecule has 0 saturated heterocycles. The van der Waals surface area contributed by atoms with Gasteiger partial charge >= 0.3 is 5.97 Å². The molecule has 1 saturated carbocycles. The lowest BCUT2D eigenvalue weighted by Crippen LogP contribution is -2.36. The fourth-order valence-corrected chi connectivity index (χ4v) is 4.10. The van der Waals surface area contributed by atoms with Crippen LogP contribution in [0.3, 0.4) is 0 Å². The summed E-state index contributed by atoms with van der Waals surface area (Å²) in [5.41, 5.74) is 1.47. The summed E-state index contributed by atoms with van der Waals surface area (Å²) in [4.78, 5) is 29.2. The van der Waals surface area contributed by atoms with Gasteiger partial charge in [-0.2, -0.15) is 0 Å². The number of aliphatic carboxylic acids is 1. The average Bonchev–Trinajstić information content (AvgIpc) is 2.95. The van der Waals surface area contributed by atoms with Crippen LogP contribution in [0, 0.1) is 24.6 Å². The number of carboxylic acid groups (broad SMARTS) is 1. The lowest BCUT2D eigenvalue weighted by molar-refractivity contribution is -0.147. The molecule has 0 bridgehead atoms. The van der Waals surface area contributed by atoms with Crippen LogP contribution in [0.25, 0.3) is 11.3 Å². The number of thiazole rings is 1. The molecular formula is C18H19FN2O3S. The molecule has 1 amide bonds. The second kappa shape index (κ2) is 7.31. The third-order valence-corrected chi connectivity index (χ3v) is 5.45. The highest BCUT2D eigenvalue weighted by molar-refractivity contribution is 7.16. The van der Waals surface area contributed by atoms with Gasteiger partial charge in [-0.3, -0.25) is 9.59 Å². The van der Waals surface area contributed by atoms with Crippen molar-refractivity contribution in [2.45, 2.75) is 32.6 Å². The van der Waals surface area contributed by atoms with Gasteiger partial charge in [-0.1, -0.05) is 12.8 Å². The first-order chi connectivity index (χ1) is 12.0. The zero-order chi connectivity index (χ0) is 18.0. The van der Waals surface area contributed by atoms with Crippen LogP contribution < -0.4 is 5.32 Å². The summed E-state index contributed by atoms with van der Waals surface area (Å²) >= 11 is 1.33. The van der Waals surface area contributed by atoms with Gasteiger partial charge in [0, 0.05) is 10.4 Å². The van der Waals surface area contributed by atoms with Gasteiger partial charge in [-0.25, -0.2) is 9.37 Å². The van der Waals surface area contributed by atoms with Crippen LogP contribution >= 0.6 is 11.3 Å². The van der Waals surface area contributed by atoms with Crippen molar-refractivity contribution >= 4 is 28.3 Å². The number of rotatable bonds is 4. The topological polar surface area (TPSA) is 79.3 Å². The molecule has 1 heterocycles. The number of aryl methyl sites for hydroxylation is 1. The van der Waals surface area contributed by atoms with E-state index in [4.69, 9.17) is 0 Å². The van der Waals surface area contributed by atoms with Crippen LogP contribution in [0.5, 0.6) is 0 Å². The van der Waals surface area contributed by atoms with Crippen LogP contribution in [0.2, 0.25) is 0 Å². The standard InChI is InChI=1S/C18H19FN2O3S/c1-10-15(11-6-8-12(19)9-7-11)20-18(25-10)21-16(22)13-4-2-3-5-14(13)17(23)24/h6-9,13-14H,2-5H2,1H3,(H,23,24)(H,20,21,22)/t13-,14-/m0/s1. The van der Waals surface area contributed by atoms with E-state index in [0.29, 0.717) is 23.7 Å². The maximum absolute atomic E-state index is 13.1. The van der Waals surface area contributed by atoms with Crippen molar-refractivity contribution in [1.29, 1.82) is 0 Å². The number of amides is 1. The number of aromatic nitrogens is 1. The van der Waals surface area contributed by atoms with Gasteiger partial charge < -0.3 is 10.4 Å². The van der Waals surface area contributed by atoms with E-state index < -0.39 is 17.8 Å². The molecule has 0 radical (unpaired) electrons. The predicted molar refractivity (Wildman–Crippen MR) is 94.0 cm³/mol. The summed E-state index contributed by atoms with van der Waals surface area (Å²) in [6.07, 6.45) is 2.81. The third kappa shape index (κ3) is 3.87. The Morgan fingerprint density at radius 3 is 2.48 bits per heavy atom. The van der Waals surface area contributed by atoms with Crippen molar-refractivity contribution in [1.82, 2.24) is 4.98 Å². The minimum Gasteiger partial charge on any atom is -0.481 e.